The van der Waals surface area contributed by atoms with Crippen molar-refractivity contribution in [3.8, 4) is 0 Å². The van der Waals surface area contributed by atoms with Crippen molar-refractivity contribution in [2.45, 2.75) is 6.42 Å². The molecular weight excluding hydrogens is 126 g/mol. The first-order valence-electron chi connectivity index (χ1n) is 3.70. The highest BCUT2D eigenvalue weighted by Gasteiger charge is 1.94. The maximum absolute atomic E-state index is 5.40. The van der Waals surface area contributed by atoms with E-state index < -0.39 is 0 Å². The van der Waals surface area contributed by atoms with Crippen molar-refractivity contribution in [3.05, 3.63) is 0 Å². The molecule has 0 unspecified atom stereocenters. The number of nitrogens with zero attached hydrogens (tertiary/aromatic N) is 2. The molecule has 10 heavy (non-hydrogen) atoms. The molecule has 0 aliphatic carbocycles. The van der Waals surface area contributed by atoms with Gasteiger partial charge in [0.05, 0.1) is 0 Å². The topological polar surface area (TPSA) is 32.5 Å². The van der Waals surface area contributed by atoms with Crippen LogP contribution in [0, 0.1) is 0 Å². The molecular formula is C7H19N3. The van der Waals surface area contributed by atoms with Crippen LogP contribution in [-0.2, 0) is 0 Å². The quantitative estimate of drug-likeness (QED) is 0.543. The van der Waals surface area contributed by atoms with Gasteiger partial charge in [-0.3, -0.25) is 4.90 Å². The summed E-state index contributed by atoms with van der Waals surface area (Å²) in [7, 11) is 6.21. The minimum absolute atomic E-state index is 0.660. The number of hydrogen-bond acceptors (Lipinski definition) is 3. The summed E-state index contributed by atoms with van der Waals surface area (Å²) in [5, 5.41) is 0. The van der Waals surface area contributed by atoms with Crippen molar-refractivity contribution < 1.29 is 0 Å². The highest BCUT2D eigenvalue weighted by Crippen LogP contribution is 1.85. The predicted molar refractivity (Wildman–Crippen MR) is 44.9 cm³/mol. The molecule has 0 fully saturated rings. The van der Waals surface area contributed by atoms with Crippen LogP contribution in [0.1, 0.15) is 6.42 Å². The third kappa shape index (κ3) is 6.01. The SMILES string of the molecule is CN(C)CCCN(C)CN. The molecule has 0 amide bonds. The summed E-state index contributed by atoms with van der Waals surface area (Å²) in [4.78, 5) is 4.30. The van der Waals surface area contributed by atoms with Crippen molar-refractivity contribution in [1.82, 2.24) is 9.80 Å². The highest BCUT2D eigenvalue weighted by atomic mass is 15.1. The Kier molecular flexibility index (Phi) is 5.58. The summed E-state index contributed by atoms with van der Waals surface area (Å²) < 4.78 is 0. The Bertz CT molecular complexity index is 73.3. The molecule has 3 heteroatoms. The van der Waals surface area contributed by atoms with Crippen molar-refractivity contribution in [1.29, 1.82) is 0 Å². The second-order valence-corrected chi connectivity index (χ2v) is 2.92. The molecule has 0 bridgehead atoms. The van der Waals surface area contributed by atoms with Crippen LogP contribution in [0.3, 0.4) is 0 Å². The van der Waals surface area contributed by atoms with Gasteiger partial charge in [0, 0.05) is 13.2 Å². The lowest BCUT2D eigenvalue weighted by molar-refractivity contribution is 0.307. The zero-order valence-corrected chi connectivity index (χ0v) is 7.30. The van der Waals surface area contributed by atoms with Gasteiger partial charge >= 0.3 is 0 Å². The first-order valence-corrected chi connectivity index (χ1v) is 3.70. The van der Waals surface area contributed by atoms with E-state index in [0.717, 1.165) is 13.1 Å². The average Bonchev–Trinajstić information content (AvgIpc) is 1.87. The molecule has 0 aliphatic heterocycles. The lowest BCUT2D eigenvalue weighted by atomic mass is 10.4. The highest BCUT2D eigenvalue weighted by molar-refractivity contribution is 4.49. The number of hydrogen-bond donors (Lipinski definition) is 1. The Hall–Kier alpha value is -0.120. The Morgan fingerprint density at radius 2 is 1.70 bits per heavy atom. The van der Waals surface area contributed by atoms with Crippen LogP contribution < -0.4 is 5.73 Å². The monoisotopic (exact) mass is 145 g/mol. The zero-order valence-electron chi connectivity index (χ0n) is 7.30. The molecule has 0 heterocycles. The molecule has 0 saturated heterocycles. The minimum Gasteiger partial charge on any atom is -0.318 e. The first-order chi connectivity index (χ1) is 4.66. The van der Waals surface area contributed by atoms with Crippen molar-refractivity contribution in [2.75, 3.05) is 40.9 Å². The lowest BCUT2D eigenvalue weighted by Gasteiger charge is -2.15. The molecule has 0 spiro atoms. The van der Waals surface area contributed by atoms with Crippen molar-refractivity contribution in [3.63, 3.8) is 0 Å². The Morgan fingerprint density at radius 1 is 1.10 bits per heavy atom. The Labute approximate surface area is 63.8 Å². The standard InChI is InChI=1S/C7H19N3/c1-9(2)5-4-6-10(3)7-8/h4-8H2,1-3H3. The van der Waals surface area contributed by atoms with Gasteiger partial charge in [-0.1, -0.05) is 0 Å². The third-order valence-corrected chi connectivity index (χ3v) is 1.46. The first kappa shape index (κ1) is 9.88. The fourth-order valence-electron chi connectivity index (χ4n) is 0.748. The maximum Gasteiger partial charge on any atom is 0.0452 e. The number of rotatable bonds is 5. The van der Waals surface area contributed by atoms with Gasteiger partial charge in [-0.05, 0) is 34.1 Å². The Morgan fingerprint density at radius 3 is 2.10 bits per heavy atom. The second-order valence-electron chi connectivity index (χ2n) is 2.92. The van der Waals surface area contributed by atoms with E-state index in [9.17, 15) is 0 Å². The van der Waals surface area contributed by atoms with E-state index >= 15 is 0 Å². The van der Waals surface area contributed by atoms with E-state index in [1.54, 1.807) is 0 Å². The van der Waals surface area contributed by atoms with E-state index in [2.05, 4.69) is 23.9 Å². The summed E-state index contributed by atoms with van der Waals surface area (Å²) >= 11 is 0. The summed E-state index contributed by atoms with van der Waals surface area (Å²) in [5.41, 5.74) is 5.40. The molecule has 0 aromatic heterocycles. The summed E-state index contributed by atoms with van der Waals surface area (Å²) in [5.74, 6) is 0. The fourth-order valence-corrected chi connectivity index (χ4v) is 0.748. The van der Waals surface area contributed by atoms with E-state index in [1.807, 2.05) is 7.05 Å². The average molecular weight is 145 g/mol. The molecule has 62 valence electrons. The van der Waals surface area contributed by atoms with Gasteiger partial charge in [0.15, 0.2) is 0 Å². The molecule has 0 aromatic rings. The van der Waals surface area contributed by atoms with Gasteiger partial charge in [-0.15, -0.1) is 0 Å². The molecule has 0 aromatic carbocycles. The van der Waals surface area contributed by atoms with Crippen LogP contribution in [0.25, 0.3) is 0 Å². The van der Waals surface area contributed by atoms with Gasteiger partial charge in [-0.2, -0.15) is 0 Å². The van der Waals surface area contributed by atoms with Gasteiger partial charge in [-0.25, -0.2) is 0 Å². The maximum atomic E-state index is 5.40. The molecule has 0 atom stereocenters. The second kappa shape index (κ2) is 5.65. The Balaban J connectivity index is 3.03. The zero-order chi connectivity index (χ0) is 7.98. The van der Waals surface area contributed by atoms with Crippen LogP contribution in [0.2, 0.25) is 0 Å². The molecule has 0 aliphatic rings. The summed E-state index contributed by atoms with van der Waals surface area (Å²) in [6.45, 7) is 2.90. The summed E-state index contributed by atoms with van der Waals surface area (Å²) in [6, 6.07) is 0. The van der Waals surface area contributed by atoms with Crippen molar-refractivity contribution in [2.24, 2.45) is 5.73 Å². The fraction of sp³-hybridized carbons (Fsp3) is 1.00. The normalized spacial score (nSPS) is 11.4. The van der Waals surface area contributed by atoms with Crippen LogP contribution in [0.15, 0.2) is 0 Å². The van der Waals surface area contributed by atoms with Gasteiger partial charge in [0.25, 0.3) is 0 Å². The smallest absolute Gasteiger partial charge is 0.0452 e. The molecule has 0 saturated carbocycles. The molecule has 0 radical (unpaired) electrons. The number of nitrogens with two attached hydrogens (primary N) is 1. The molecule has 2 N–H and O–H groups in total. The molecule has 0 rings (SSSR count). The van der Waals surface area contributed by atoms with Gasteiger partial charge in [0.1, 0.15) is 0 Å². The van der Waals surface area contributed by atoms with E-state index in [1.165, 1.54) is 6.42 Å². The third-order valence-electron chi connectivity index (χ3n) is 1.46. The summed E-state index contributed by atoms with van der Waals surface area (Å²) in [6.07, 6.45) is 1.20. The lowest BCUT2D eigenvalue weighted by Crippen LogP contribution is -2.28. The predicted octanol–water partition coefficient (Wildman–Crippen LogP) is -0.214. The van der Waals surface area contributed by atoms with Crippen molar-refractivity contribution >= 4 is 0 Å². The largest absolute Gasteiger partial charge is 0.318 e. The van der Waals surface area contributed by atoms with E-state index in [0.29, 0.717) is 6.67 Å². The minimum atomic E-state index is 0.660. The van der Waals surface area contributed by atoms with Crippen LogP contribution in [-0.4, -0.2) is 50.7 Å². The van der Waals surface area contributed by atoms with Crippen LogP contribution >= 0.6 is 0 Å². The van der Waals surface area contributed by atoms with Gasteiger partial charge < -0.3 is 10.6 Å². The van der Waals surface area contributed by atoms with E-state index in [4.69, 9.17) is 5.73 Å². The van der Waals surface area contributed by atoms with Gasteiger partial charge in [0.2, 0.25) is 0 Å². The van der Waals surface area contributed by atoms with E-state index in [-0.39, 0.29) is 0 Å². The molecule has 3 nitrogen and oxygen atoms in total. The van der Waals surface area contributed by atoms with Crippen LogP contribution in [0.4, 0.5) is 0 Å². The van der Waals surface area contributed by atoms with Crippen LogP contribution in [0.5, 0.6) is 0 Å².